The van der Waals surface area contributed by atoms with E-state index in [1.165, 1.54) is 0 Å². The van der Waals surface area contributed by atoms with Crippen LogP contribution in [0.2, 0.25) is 0 Å². The number of hydrogen-bond donors (Lipinski definition) is 1. The number of anilines is 1. The zero-order chi connectivity index (χ0) is 22.0. The summed E-state index contributed by atoms with van der Waals surface area (Å²) in [6.07, 6.45) is 7.55. The average Bonchev–Trinajstić information content (AvgIpc) is 3.47. The zero-order valence-corrected chi connectivity index (χ0v) is 18.1. The lowest BCUT2D eigenvalue weighted by Gasteiger charge is -2.37. The predicted molar refractivity (Wildman–Crippen MR) is 119 cm³/mol. The summed E-state index contributed by atoms with van der Waals surface area (Å²) in [5.74, 6) is 1.67. The Hall–Kier alpha value is -3.42. The number of fused-ring (bicyclic) bond motifs is 1. The van der Waals surface area contributed by atoms with Crippen LogP contribution in [0.25, 0.3) is 11.0 Å². The Morgan fingerprint density at radius 1 is 1.13 bits per heavy atom. The minimum atomic E-state index is -0.587. The topological polar surface area (TPSA) is 91.8 Å². The predicted octanol–water partition coefficient (Wildman–Crippen LogP) is 4.34. The Morgan fingerprint density at radius 3 is 2.39 bits per heavy atom. The van der Waals surface area contributed by atoms with Crippen LogP contribution in [-0.4, -0.2) is 36.9 Å². The summed E-state index contributed by atoms with van der Waals surface area (Å²) >= 11 is 0. The van der Waals surface area contributed by atoms with Crippen LogP contribution in [0.5, 0.6) is 17.2 Å². The first kappa shape index (κ1) is 20.8. The molecule has 3 aromatic rings. The summed E-state index contributed by atoms with van der Waals surface area (Å²) in [6, 6.07) is 8.78. The van der Waals surface area contributed by atoms with E-state index in [0.29, 0.717) is 22.9 Å². The fourth-order valence-electron chi connectivity index (χ4n) is 4.62. The number of rotatable bonds is 7. The third kappa shape index (κ3) is 3.73. The number of amides is 2. The molecule has 0 saturated heterocycles. The zero-order valence-electron chi connectivity index (χ0n) is 18.1. The molecule has 1 unspecified atom stereocenters. The summed E-state index contributed by atoms with van der Waals surface area (Å²) in [4.78, 5) is 19.2. The monoisotopic (exact) mass is 424 g/mol. The fourth-order valence-corrected chi connectivity index (χ4v) is 4.62. The maximum absolute atomic E-state index is 13.0. The maximum atomic E-state index is 13.0. The standard InChI is InChI=1S/C23H28N4O4/c1-29-17-13-18(30-2)20(19(14-17)31-3)27(23(24)28)22(16-7-4-5-8-16)26-12-10-15-9-6-11-25-21(15)26/h6,9-14,16,22H,4-5,7-8H2,1-3H3,(H2,24,28). The van der Waals surface area contributed by atoms with Crippen molar-refractivity contribution < 1.29 is 19.0 Å². The third-order valence-electron chi connectivity index (χ3n) is 6.01. The van der Waals surface area contributed by atoms with Crippen LogP contribution >= 0.6 is 0 Å². The molecule has 1 aliphatic carbocycles. The number of pyridine rings is 1. The van der Waals surface area contributed by atoms with Gasteiger partial charge < -0.3 is 24.5 Å². The van der Waals surface area contributed by atoms with Crippen LogP contribution < -0.4 is 24.8 Å². The van der Waals surface area contributed by atoms with Crippen molar-refractivity contribution in [3.8, 4) is 17.2 Å². The molecule has 1 fully saturated rings. The van der Waals surface area contributed by atoms with Gasteiger partial charge in [0.1, 0.15) is 34.7 Å². The van der Waals surface area contributed by atoms with E-state index in [1.807, 2.05) is 29.0 Å². The van der Waals surface area contributed by atoms with Crippen LogP contribution in [0.1, 0.15) is 31.8 Å². The average molecular weight is 425 g/mol. The highest BCUT2D eigenvalue weighted by molar-refractivity contribution is 5.95. The Labute approximate surface area is 181 Å². The first-order valence-electron chi connectivity index (χ1n) is 10.4. The van der Waals surface area contributed by atoms with Gasteiger partial charge >= 0.3 is 6.03 Å². The van der Waals surface area contributed by atoms with Gasteiger partial charge in [-0.3, -0.25) is 4.90 Å². The first-order chi connectivity index (χ1) is 15.1. The molecule has 2 N–H and O–H groups in total. The lowest BCUT2D eigenvalue weighted by Crippen LogP contribution is -2.44. The fraction of sp³-hybridized carbons (Fsp3) is 0.391. The number of carbonyl (C=O) groups is 1. The van der Waals surface area contributed by atoms with Crippen molar-refractivity contribution in [2.45, 2.75) is 31.8 Å². The highest BCUT2D eigenvalue weighted by Crippen LogP contribution is 2.47. The van der Waals surface area contributed by atoms with E-state index in [2.05, 4.69) is 4.98 Å². The second-order valence-corrected chi connectivity index (χ2v) is 7.69. The third-order valence-corrected chi connectivity index (χ3v) is 6.01. The number of primary amides is 1. The summed E-state index contributed by atoms with van der Waals surface area (Å²) < 4.78 is 18.7. The van der Waals surface area contributed by atoms with Gasteiger partial charge in [0.25, 0.3) is 0 Å². The van der Waals surface area contributed by atoms with Gasteiger partial charge in [-0.2, -0.15) is 0 Å². The van der Waals surface area contributed by atoms with Crippen molar-refractivity contribution in [1.82, 2.24) is 9.55 Å². The summed E-state index contributed by atoms with van der Waals surface area (Å²) in [5, 5.41) is 1.00. The Bertz CT molecular complexity index is 1050. The summed E-state index contributed by atoms with van der Waals surface area (Å²) in [5.41, 5.74) is 7.30. The Kier molecular flexibility index (Phi) is 5.88. The molecule has 2 aromatic heterocycles. The lowest BCUT2D eigenvalue weighted by atomic mass is 10.0. The molecule has 1 atom stereocenters. The van der Waals surface area contributed by atoms with Crippen LogP contribution in [0.4, 0.5) is 10.5 Å². The van der Waals surface area contributed by atoms with E-state index in [9.17, 15) is 4.79 Å². The van der Waals surface area contributed by atoms with E-state index in [-0.39, 0.29) is 12.1 Å². The summed E-state index contributed by atoms with van der Waals surface area (Å²) in [6.45, 7) is 0. The molecule has 0 aliphatic heterocycles. The van der Waals surface area contributed by atoms with Crippen LogP contribution in [-0.2, 0) is 0 Å². The van der Waals surface area contributed by atoms with Crippen molar-refractivity contribution in [2.24, 2.45) is 11.7 Å². The van der Waals surface area contributed by atoms with Crippen molar-refractivity contribution in [2.75, 3.05) is 26.2 Å². The molecule has 1 saturated carbocycles. The molecule has 2 amide bonds. The number of nitrogens with zero attached hydrogens (tertiary/aromatic N) is 3. The van der Waals surface area contributed by atoms with Gasteiger partial charge in [0.2, 0.25) is 0 Å². The number of nitrogens with two attached hydrogens (primary N) is 1. The van der Waals surface area contributed by atoms with E-state index >= 15 is 0 Å². The van der Waals surface area contributed by atoms with Gasteiger partial charge in [0, 0.05) is 29.9 Å². The van der Waals surface area contributed by atoms with Gasteiger partial charge in [-0.05, 0) is 37.0 Å². The molecule has 31 heavy (non-hydrogen) atoms. The smallest absolute Gasteiger partial charge is 0.321 e. The first-order valence-corrected chi connectivity index (χ1v) is 10.4. The molecular formula is C23H28N4O4. The minimum Gasteiger partial charge on any atom is -0.496 e. The van der Waals surface area contributed by atoms with Crippen LogP contribution in [0, 0.1) is 5.92 Å². The Balaban J connectivity index is 1.95. The normalized spacial score (nSPS) is 15.1. The van der Waals surface area contributed by atoms with Gasteiger partial charge in [0.05, 0.1) is 21.3 Å². The highest BCUT2D eigenvalue weighted by atomic mass is 16.5. The number of hydrogen-bond acceptors (Lipinski definition) is 5. The van der Waals surface area contributed by atoms with Gasteiger partial charge in [0.15, 0.2) is 0 Å². The van der Waals surface area contributed by atoms with E-state index in [0.717, 1.165) is 36.7 Å². The second-order valence-electron chi connectivity index (χ2n) is 7.69. The van der Waals surface area contributed by atoms with Gasteiger partial charge in [-0.25, -0.2) is 9.78 Å². The molecule has 0 bridgehead atoms. The molecule has 0 spiro atoms. The van der Waals surface area contributed by atoms with Crippen molar-refractivity contribution in [3.63, 3.8) is 0 Å². The van der Waals surface area contributed by atoms with Crippen molar-refractivity contribution in [3.05, 3.63) is 42.7 Å². The number of aromatic nitrogens is 2. The molecule has 164 valence electrons. The molecule has 1 aromatic carbocycles. The van der Waals surface area contributed by atoms with E-state index in [1.54, 1.807) is 44.6 Å². The largest absolute Gasteiger partial charge is 0.496 e. The van der Waals surface area contributed by atoms with Gasteiger partial charge in [-0.15, -0.1) is 0 Å². The maximum Gasteiger partial charge on any atom is 0.321 e. The number of benzene rings is 1. The molecule has 4 rings (SSSR count). The SMILES string of the molecule is COc1cc(OC)c(N(C(N)=O)C(C2CCCC2)n2ccc3cccnc32)c(OC)c1. The lowest BCUT2D eigenvalue weighted by molar-refractivity contribution is 0.239. The quantitative estimate of drug-likeness (QED) is 0.609. The van der Waals surface area contributed by atoms with E-state index < -0.39 is 6.03 Å². The molecular weight excluding hydrogens is 396 g/mol. The van der Waals surface area contributed by atoms with Gasteiger partial charge in [-0.1, -0.05) is 12.8 Å². The molecule has 8 nitrogen and oxygen atoms in total. The van der Waals surface area contributed by atoms with Crippen molar-refractivity contribution in [1.29, 1.82) is 0 Å². The highest BCUT2D eigenvalue weighted by Gasteiger charge is 2.38. The summed E-state index contributed by atoms with van der Waals surface area (Å²) in [7, 11) is 4.67. The molecule has 0 radical (unpaired) electrons. The van der Waals surface area contributed by atoms with Crippen LogP contribution in [0.15, 0.2) is 42.7 Å². The minimum absolute atomic E-state index is 0.210. The number of ether oxygens (including phenoxy) is 3. The van der Waals surface area contributed by atoms with Crippen LogP contribution in [0.3, 0.4) is 0 Å². The molecule has 2 heterocycles. The Morgan fingerprint density at radius 2 is 1.81 bits per heavy atom. The molecule has 1 aliphatic rings. The number of carbonyl (C=O) groups excluding carboxylic acids is 1. The van der Waals surface area contributed by atoms with Crippen molar-refractivity contribution >= 4 is 22.8 Å². The second kappa shape index (κ2) is 8.75. The number of urea groups is 1. The number of methoxy groups -OCH3 is 3. The molecule has 8 heteroatoms. The van der Waals surface area contributed by atoms with E-state index in [4.69, 9.17) is 19.9 Å².